The third-order valence-corrected chi connectivity index (χ3v) is 1.37. The first-order chi connectivity index (χ1) is 6.41. The fourth-order valence-electron chi connectivity index (χ4n) is 0.780. The van der Waals surface area contributed by atoms with Crippen molar-refractivity contribution in [3.8, 4) is 0 Å². The number of nitrogens with zero attached hydrogens (tertiary/aromatic N) is 1. The molecule has 0 N–H and O–H groups in total. The Kier molecular flexibility index (Phi) is 2.94. The van der Waals surface area contributed by atoms with Crippen LogP contribution in [0.1, 0.15) is 6.42 Å². The molecule has 0 bridgehead atoms. The highest BCUT2D eigenvalue weighted by Gasteiger charge is 2.43. The number of halogens is 3. The summed E-state index contributed by atoms with van der Waals surface area (Å²) in [6.45, 7) is 0.333. The molecule has 1 aliphatic heterocycles. The first-order valence-electron chi connectivity index (χ1n) is 3.64. The van der Waals surface area contributed by atoms with E-state index in [9.17, 15) is 22.8 Å². The van der Waals surface area contributed by atoms with Crippen LogP contribution in [-0.2, 0) is 14.4 Å². The van der Waals surface area contributed by atoms with E-state index >= 15 is 0 Å². The summed E-state index contributed by atoms with van der Waals surface area (Å²) in [5.74, 6) is -2.54. The molecule has 0 saturated carbocycles. The Balaban J connectivity index is 2.44. The van der Waals surface area contributed by atoms with Gasteiger partial charge in [0.25, 0.3) is 0 Å². The second-order valence-corrected chi connectivity index (χ2v) is 2.44. The summed E-state index contributed by atoms with van der Waals surface area (Å²) >= 11 is 0. The van der Waals surface area contributed by atoms with E-state index in [0.717, 1.165) is 0 Å². The molecule has 0 aromatic carbocycles. The van der Waals surface area contributed by atoms with Gasteiger partial charge in [0, 0.05) is 0 Å². The summed E-state index contributed by atoms with van der Waals surface area (Å²) in [5, 5.41) is 0.573. The predicted octanol–water partition coefficient (Wildman–Crippen LogP) is 0.849. The molecule has 0 spiro atoms. The van der Waals surface area contributed by atoms with Crippen molar-refractivity contribution in [1.29, 1.82) is 0 Å². The van der Waals surface area contributed by atoms with E-state index in [1.165, 1.54) is 0 Å². The summed E-state index contributed by atoms with van der Waals surface area (Å²) in [6.07, 6.45) is -6.12. The minimum Gasteiger partial charge on any atom is -0.368 e. The van der Waals surface area contributed by atoms with E-state index in [2.05, 4.69) is 9.57 Å². The Morgan fingerprint density at radius 1 is 1.36 bits per heavy atom. The Morgan fingerprint density at radius 3 is 2.43 bits per heavy atom. The number of amides is 1. The second kappa shape index (κ2) is 3.82. The molecule has 14 heavy (non-hydrogen) atoms. The van der Waals surface area contributed by atoms with Crippen LogP contribution in [0.4, 0.5) is 18.0 Å². The van der Waals surface area contributed by atoms with E-state index in [4.69, 9.17) is 0 Å². The van der Waals surface area contributed by atoms with Gasteiger partial charge in [0.1, 0.15) is 0 Å². The zero-order valence-electron chi connectivity index (χ0n) is 6.84. The Bertz CT molecular complexity index is 246. The lowest BCUT2D eigenvalue weighted by Crippen LogP contribution is -2.34. The standard InChI is InChI=1S/C6H6F3NO4/c7-6(8,9)4(11)14-5(12)10-2-1-3-13-10/h1-3H2. The third kappa shape index (κ3) is 2.59. The van der Waals surface area contributed by atoms with Crippen LogP contribution in [-0.4, -0.2) is 36.5 Å². The third-order valence-electron chi connectivity index (χ3n) is 1.37. The van der Waals surface area contributed by atoms with Crippen molar-refractivity contribution >= 4 is 12.1 Å². The molecule has 1 amide bonds. The highest BCUT2D eigenvalue weighted by atomic mass is 19.4. The van der Waals surface area contributed by atoms with Crippen molar-refractivity contribution in [3.05, 3.63) is 0 Å². The molecule has 1 saturated heterocycles. The SMILES string of the molecule is O=C(OC(=O)C(F)(F)F)N1CCCO1. The van der Waals surface area contributed by atoms with Crippen molar-refractivity contribution in [3.63, 3.8) is 0 Å². The molecule has 1 heterocycles. The molecule has 5 nitrogen and oxygen atoms in total. The molecule has 0 unspecified atom stereocenters. The zero-order valence-corrected chi connectivity index (χ0v) is 6.84. The summed E-state index contributed by atoms with van der Waals surface area (Å²) in [7, 11) is 0. The topological polar surface area (TPSA) is 55.8 Å². The number of hydrogen-bond acceptors (Lipinski definition) is 4. The average molecular weight is 213 g/mol. The molecular weight excluding hydrogens is 207 g/mol. The van der Waals surface area contributed by atoms with Crippen LogP contribution < -0.4 is 0 Å². The lowest BCUT2D eigenvalue weighted by molar-refractivity contribution is -0.197. The Labute approximate surface area is 76.3 Å². The van der Waals surface area contributed by atoms with Gasteiger partial charge in [0.15, 0.2) is 0 Å². The fraction of sp³-hybridized carbons (Fsp3) is 0.667. The molecule has 0 aromatic rings. The number of esters is 1. The lowest BCUT2D eigenvalue weighted by Gasteiger charge is -2.12. The summed E-state index contributed by atoms with van der Waals surface area (Å²) in [4.78, 5) is 25.5. The summed E-state index contributed by atoms with van der Waals surface area (Å²) < 4.78 is 38.3. The van der Waals surface area contributed by atoms with E-state index in [1.54, 1.807) is 0 Å². The largest absolute Gasteiger partial charge is 0.491 e. The number of rotatable bonds is 0. The minimum absolute atomic E-state index is 0.115. The van der Waals surface area contributed by atoms with Crippen molar-refractivity contribution in [2.24, 2.45) is 0 Å². The van der Waals surface area contributed by atoms with Gasteiger partial charge >= 0.3 is 18.2 Å². The number of ether oxygens (including phenoxy) is 1. The van der Waals surface area contributed by atoms with Crippen LogP contribution in [0.2, 0.25) is 0 Å². The van der Waals surface area contributed by atoms with Gasteiger partial charge in [-0.2, -0.15) is 18.2 Å². The first kappa shape index (κ1) is 10.8. The summed E-state index contributed by atoms with van der Waals surface area (Å²) in [5.41, 5.74) is 0. The van der Waals surface area contributed by atoms with E-state index < -0.39 is 18.2 Å². The van der Waals surface area contributed by atoms with Crippen LogP contribution in [0.3, 0.4) is 0 Å². The Hall–Kier alpha value is -1.31. The quantitative estimate of drug-likeness (QED) is 0.442. The van der Waals surface area contributed by atoms with Gasteiger partial charge in [-0.1, -0.05) is 0 Å². The monoisotopic (exact) mass is 213 g/mol. The zero-order chi connectivity index (χ0) is 10.8. The number of carbonyl (C=O) groups excluding carboxylic acids is 2. The molecule has 0 aromatic heterocycles. The predicted molar refractivity (Wildman–Crippen MR) is 34.8 cm³/mol. The average Bonchev–Trinajstić information content (AvgIpc) is 2.53. The van der Waals surface area contributed by atoms with Gasteiger partial charge in [-0.05, 0) is 6.42 Å². The molecular formula is C6H6F3NO4. The molecule has 1 aliphatic rings. The van der Waals surface area contributed by atoms with Gasteiger partial charge in [-0.15, -0.1) is 0 Å². The van der Waals surface area contributed by atoms with Crippen LogP contribution in [0, 0.1) is 0 Å². The fourth-order valence-corrected chi connectivity index (χ4v) is 0.780. The number of hydrogen-bond donors (Lipinski definition) is 0. The van der Waals surface area contributed by atoms with E-state index in [1.807, 2.05) is 0 Å². The maximum Gasteiger partial charge on any atom is 0.491 e. The molecule has 8 heteroatoms. The highest BCUT2D eigenvalue weighted by Crippen LogP contribution is 2.17. The first-order valence-corrected chi connectivity index (χ1v) is 3.64. The molecule has 0 atom stereocenters. The number of hydroxylamine groups is 2. The smallest absolute Gasteiger partial charge is 0.368 e. The summed E-state index contributed by atoms with van der Waals surface area (Å²) in [6, 6.07) is 0. The van der Waals surface area contributed by atoms with E-state index in [-0.39, 0.29) is 13.2 Å². The van der Waals surface area contributed by atoms with Crippen LogP contribution in [0.15, 0.2) is 0 Å². The van der Waals surface area contributed by atoms with E-state index in [0.29, 0.717) is 11.5 Å². The van der Waals surface area contributed by atoms with Crippen LogP contribution in [0.25, 0.3) is 0 Å². The number of alkyl halides is 3. The number of carbonyl (C=O) groups is 2. The molecule has 0 aliphatic carbocycles. The van der Waals surface area contributed by atoms with Crippen molar-refractivity contribution in [1.82, 2.24) is 5.06 Å². The molecule has 80 valence electrons. The van der Waals surface area contributed by atoms with Crippen molar-refractivity contribution < 1.29 is 32.3 Å². The van der Waals surface area contributed by atoms with Gasteiger partial charge in [0.05, 0.1) is 13.2 Å². The van der Waals surface area contributed by atoms with Gasteiger partial charge in [0.2, 0.25) is 0 Å². The van der Waals surface area contributed by atoms with Gasteiger partial charge < -0.3 is 4.74 Å². The van der Waals surface area contributed by atoms with Gasteiger partial charge in [-0.3, -0.25) is 4.84 Å². The lowest BCUT2D eigenvalue weighted by atomic mass is 10.5. The second-order valence-electron chi connectivity index (χ2n) is 2.44. The maximum absolute atomic E-state index is 11.6. The highest BCUT2D eigenvalue weighted by molar-refractivity contribution is 5.87. The molecule has 1 rings (SSSR count). The van der Waals surface area contributed by atoms with Gasteiger partial charge in [-0.25, -0.2) is 9.59 Å². The van der Waals surface area contributed by atoms with Crippen molar-refractivity contribution in [2.45, 2.75) is 12.6 Å². The minimum atomic E-state index is -5.17. The van der Waals surface area contributed by atoms with Crippen LogP contribution >= 0.6 is 0 Å². The van der Waals surface area contributed by atoms with Crippen LogP contribution in [0.5, 0.6) is 0 Å². The normalized spacial score (nSPS) is 16.9. The van der Waals surface area contributed by atoms with Crippen molar-refractivity contribution in [2.75, 3.05) is 13.2 Å². The molecule has 0 radical (unpaired) electrons. The molecule has 1 fully saturated rings. The maximum atomic E-state index is 11.6. The Morgan fingerprint density at radius 2 is 2.00 bits per heavy atom.